The summed E-state index contributed by atoms with van der Waals surface area (Å²) in [6, 6.07) is 18.2. The number of hydrogen-bond acceptors (Lipinski definition) is 24. The third-order valence-corrected chi connectivity index (χ3v) is 16.0. The first-order valence-corrected chi connectivity index (χ1v) is 25.7. The lowest BCUT2D eigenvalue weighted by atomic mass is 9.72. The van der Waals surface area contributed by atoms with Gasteiger partial charge in [0.2, 0.25) is 0 Å². The van der Waals surface area contributed by atoms with E-state index in [0.717, 1.165) is 78.9 Å². The second kappa shape index (κ2) is 19.7. The number of phenolic OH excluding ortho intramolecular Hbond substituents is 16. The second-order valence-corrected chi connectivity index (χ2v) is 21.0. The fraction of sp³-hybridized carbons (Fsp3) is 0.200. The normalized spacial score (nSPS) is 24.0. The SMILES string of the molecule is Oc1cc(O)c2c(c1)O[C@H](c1ccc(O)c(O)c1)[C@H](O)[C@H]2c1c(O)cc2c(c1O)[C@H](c1c(O)cc(O)c3c1O[C@H](c1ccc(O)c(O)c1)[C@H](O)[C@H]3c1c(O)cc3c(c1O)C[C@H](O)[C@@H](c1ccc(O)c(O)c1)O3)[C@@H](O)[C@@H](c1ccc(O)c(O)c1)O2. The zero-order valence-corrected chi connectivity index (χ0v) is 43.0. The molecule has 8 aromatic rings. The van der Waals surface area contributed by atoms with Gasteiger partial charge in [0, 0.05) is 75.7 Å². The number of phenols is 16. The third-order valence-electron chi connectivity index (χ3n) is 16.0. The lowest BCUT2D eigenvalue weighted by Crippen LogP contribution is -2.39. The summed E-state index contributed by atoms with van der Waals surface area (Å²) in [7, 11) is 0. The van der Waals surface area contributed by atoms with E-state index in [-0.39, 0.29) is 44.9 Å². The first-order valence-electron chi connectivity index (χ1n) is 25.7. The maximum absolute atomic E-state index is 13.0. The van der Waals surface area contributed by atoms with Crippen LogP contribution in [0.25, 0.3) is 0 Å². The van der Waals surface area contributed by atoms with E-state index in [9.17, 15) is 102 Å². The second-order valence-electron chi connectivity index (χ2n) is 21.0. The number of aliphatic hydroxyl groups excluding tert-OH is 4. The molecule has 0 saturated heterocycles. The zero-order chi connectivity index (χ0) is 59.8. The smallest absolute Gasteiger partial charge is 0.157 e. The van der Waals surface area contributed by atoms with Crippen LogP contribution in [0.5, 0.6) is 115 Å². The van der Waals surface area contributed by atoms with Gasteiger partial charge in [-0.15, -0.1) is 0 Å². The Balaban J connectivity index is 1.10. The van der Waals surface area contributed by atoms with Crippen molar-refractivity contribution in [1.82, 2.24) is 0 Å². The molecule has 12 rings (SSSR count). The van der Waals surface area contributed by atoms with Gasteiger partial charge in [0.05, 0.1) is 23.9 Å². The third kappa shape index (κ3) is 8.44. The molecule has 0 aliphatic carbocycles. The molecule has 11 atom stereocenters. The van der Waals surface area contributed by atoms with E-state index in [1.807, 2.05) is 0 Å². The van der Waals surface area contributed by atoms with Crippen LogP contribution in [-0.4, -0.2) is 127 Å². The topological polar surface area (TPSA) is 442 Å². The largest absolute Gasteiger partial charge is 0.508 e. The van der Waals surface area contributed by atoms with Crippen LogP contribution >= 0.6 is 0 Å². The molecular weight excluding hydrogens is 1100 g/mol. The average molecular weight is 1160 g/mol. The Bertz CT molecular complexity index is 4030. The maximum Gasteiger partial charge on any atom is 0.157 e. The maximum atomic E-state index is 13.0. The fourth-order valence-corrected chi connectivity index (χ4v) is 12.1. The highest BCUT2D eigenvalue weighted by Crippen LogP contribution is 2.64. The Morgan fingerprint density at radius 1 is 0.286 bits per heavy atom. The Hall–Kier alpha value is -10.4. The molecule has 4 aliphatic heterocycles. The molecule has 24 nitrogen and oxygen atoms in total. The van der Waals surface area contributed by atoms with Crippen molar-refractivity contribution in [3.63, 3.8) is 0 Å². The lowest BCUT2D eigenvalue weighted by Gasteiger charge is -2.43. The van der Waals surface area contributed by atoms with Crippen molar-refractivity contribution in [1.29, 1.82) is 0 Å². The van der Waals surface area contributed by atoms with Gasteiger partial charge in [-0.1, -0.05) is 24.3 Å². The summed E-state index contributed by atoms with van der Waals surface area (Å²) in [6.45, 7) is 0. The van der Waals surface area contributed by atoms with Crippen LogP contribution in [0.1, 0.15) is 103 Å². The number of rotatable bonds is 7. The first-order chi connectivity index (χ1) is 39.9. The quantitative estimate of drug-likeness (QED) is 0.0827. The Kier molecular flexibility index (Phi) is 12.7. The number of aliphatic hydroxyl groups is 4. The number of hydrogen-bond donors (Lipinski definition) is 20. The van der Waals surface area contributed by atoms with Crippen LogP contribution in [-0.2, 0) is 6.42 Å². The summed E-state index contributed by atoms with van der Waals surface area (Å²) in [5.74, 6) is -18.9. The van der Waals surface area contributed by atoms with Crippen molar-refractivity contribution in [2.45, 2.75) is 73.0 Å². The summed E-state index contributed by atoms with van der Waals surface area (Å²) in [6.07, 6.45) is -14.5. The monoisotopic (exact) mass is 1150 g/mol. The molecule has 4 aliphatic rings. The summed E-state index contributed by atoms with van der Waals surface area (Å²) < 4.78 is 25.1. The Labute approximate surface area is 472 Å². The molecule has 0 bridgehead atoms. The predicted octanol–water partition coefficient (Wildman–Crippen LogP) is 5.89. The van der Waals surface area contributed by atoms with Crippen LogP contribution in [0.3, 0.4) is 0 Å². The molecule has 0 radical (unpaired) electrons. The molecule has 4 heterocycles. The van der Waals surface area contributed by atoms with Crippen molar-refractivity contribution < 1.29 is 121 Å². The van der Waals surface area contributed by atoms with Crippen LogP contribution in [0.4, 0.5) is 0 Å². The van der Waals surface area contributed by atoms with E-state index in [1.54, 1.807) is 0 Å². The van der Waals surface area contributed by atoms with Gasteiger partial charge in [0.15, 0.2) is 64.3 Å². The van der Waals surface area contributed by atoms with Crippen molar-refractivity contribution in [3.8, 4) is 115 Å². The van der Waals surface area contributed by atoms with E-state index < -0.39 is 204 Å². The van der Waals surface area contributed by atoms with Crippen molar-refractivity contribution in [2.24, 2.45) is 0 Å². The van der Waals surface area contributed by atoms with Gasteiger partial charge in [0.1, 0.15) is 93.4 Å². The van der Waals surface area contributed by atoms with Crippen LogP contribution in [0.15, 0.2) is 103 Å². The van der Waals surface area contributed by atoms with Crippen molar-refractivity contribution in [3.05, 3.63) is 164 Å². The van der Waals surface area contributed by atoms with Crippen LogP contribution < -0.4 is 18.9 Å². The van der Waals surface area contributed by atoms with Gasteiger partial charge in [-0.05, 0) is 70.8 Å². The number of fused-ring (bicyclic) bond motifs is 4. The molecule has 0 amide bonds. The standard InChI is InChI=1S/C60H50O24/c61-23-13-33(70)42-40(14-23)82-57(20-2-6-26(63)30(67)10-20)53(78)48(42)44-37(74)18-41-47(52(44)77)50(55(80)58(83-41)21-3-7-27(64)31(68)11-21)46-35(72)16-34(71)45-49(54(79)59(84-60(45)46)22-4-8-28(65)32(69)12-22)43-36(73)17-39-24(51(43)76)15-38(75)56(81-39)19-1-5-25(62)29(66)9-19/h1-14,16-18,38,48-50,53-59,61-80H,15H2/t38-,48+,49-,50-,53+,54+,55+,56+,57+,58+,59+/m0/s1. The van der Waals surface area contributed by atoms with Gasteiger partial charge in [-0.25, -0.2) is 0 Å². The van der Waals surface area contributed by atoms with Gasteiger partial charge in [-0.2, -0.15) is 0 Å². The van der Waals surface area contributed by atoms with E-state index in [1.165, 1.54) is 24.3 Å². The van der Waals surface area contributed by atoms with Crippen molar-refractivity contribution >= 4 is 0 Å². The van der Waals surface area contributed by atoms with Gasteiger partial charge < -0.3 is 121 Å². The zero-order valence-electron chi connectivity index (χ0n) is 43.0. The minimum atomic E-state index is -2.15. The average Bonchev–Trinajstić information content (AvgIpc) is 1.63. The van der Waals surface area contributed by atoms with Gasteiger partial charge in [-0.3, -0.25) is 0 Å². The Morgan fingerprint density at radius 3 is 1.11 bits per heavy atom. The lowest BCUT2D eigenvalue weighted by molar-refractivity contribution is -0.00429. The van der Waals surface area contributed by atoms with E-state index in [2.05, 4.69) is 0 Å². The number of aromatic hydroxyl groups is 16. The molecular formula is C60H50O24. The van der Waals surface area contributed by atoms with Gasteiger partial charge >= 0.3 is 0 Å². The van der Waals surface area contributed by atoms with E-state index in [0.29, 0.717) is 0 Å². The van der Waals surface area contributed by atoms with Gasteiger partial charge in [0.25, 0.3) is 0 Å². The molecule has 0 spiro atoms. The minimum Gasteiger partial charge on any atom is -0.508 e. The molecule has 434 valence electrons. The highest BCUT2D eigenvalue weighted by Gasteiger charge is 2.52. The minimum absolute atomic E-state index is 0.00462. The molecule has 0 saturated carbocycles. The van der Waals surface area contributed by atoms with Crippen LogP contribution in [0, 0.1) is 0 Å². The van der Waals surface area contributed by atoms with Crippen molar-refractivity contribution in [2.75, 3.05) is 0 Å². The molecule has 24 heteroatoms. The molecule has 0 aromatic heterocycles. The summed E-state index contributed by atoms with van der Waals surface area (Å²) in [4.78, 5) is 0. The summed E-state index contributed by atoms with van der Waals surface area (Å²) >= 11 is 0. The predicted molar refractivity (Wildman–Crippen MR) is 285 cm³/mol. The van der Waals surface area contributed by atoms with E-state index >= 15 is 0 Å². The molecule has 8 aromatic carbocycles. The highest BCUT2D eigenvalue weighted by molar-refractivity contribution is 5.73. The molecule has 84 heavy (non-hydrogen) atoms. The molecule has 0 unspecified atom stereocenters. The molecule has 20 N–H and O–H groups in total. The highest BCUT2D eigenvalue weighted by atomic mass is 16.5. The first kappa shape index (κ1) is 54.2. The fourth-order valence-electron chi connectivity index (χ4n) is 12.1. The Morgan fingerprint density at radius 2 is 0.643 bits per heavy atom. The van der Waals surface area contributed by atoms with Crippen LogP contribution in [0.2, 0.25) is 0 Å². The van der Waals surface area contributed by atoms with E-state index in [4.69, 9.17) is 18.9 Å². The number of benzene rings is 8. The summed E-state index contributed by atoms with van der Waals surface area (Å²) in [5, 5.41) is 229. The molecule has 0 fully saturated rings. The summed E-state index contributed by atoms with van der Waals surface area (Å²) in [5.41, 5.74) is -3.37. The number of ether oxygens (including phenoxy) is 4.